The first-order valence-corrected chi connectivity index (χ1v) is 4.21. The number of aryl methyl sites for hydroxylation is 1. The summed E-state index contributed by atoms with van der Waals surface area (Å²) >= 11 is 1.77. The molecule has 0 amide bonds. The highest BCUT2D eigenvalue weighted by molar-refractivity contribution is 14.1. The third-order valence-electron chi connectivity index (χ3n) is 1.34. The Bertz CT molecular complexity index is 301. The van der Waals surface area contributed by atoms with E-state index in [4.69, 9.17) is 0 Å². The molecule has 1 nitrogen and oxygen atoms in total. The molecule has 0 spiro atoms. The highest BCUT2D eigenvalue weighted by Gasteiger charge is 2.17. The second-order valence-corrected chi connectivity index (χ2v) is 3.37. The summed E-state index contributed by atoms with van der Waals surface area (Å²) in [6.45, 7) is 1.44. The molecule has 0 aliphatic carbocycles. The molecule has 0 aromatic carbocycles. The van der Waals surface area contributed by atoms with Gasteiger partial charge >= 0.3 is 0 Å². The van der Waals surface area contributed by atoms with Crippen LogP contribution in [0.3, 0.4) is 0 Å². The lowest BCUT2D eigenvalue weighted by Gasteiger charge is -2.03. The van der Waals surface area contributed by atoms with Crippen molar-refractivity contribution in [3.8, 4) is 0 Å². The van der Waals surface area contributed by atoms with Crippen LogP contribution in [-0.2, 0) is 0 Å². The molecule has 1 heterocycles. The maximum atomic E-state index is 12.9. The fourth-order valence-corrected chi connectivity index (χ4v) is 1.51. The molecule has 0 atom stereocenters. The fraction of sp³-hybridized carbons (Fsp3) is 0.286. The van der Waals surface area contributed by atoms with Gasteiger partial charge in [0.25, 0.3) is 6.43 Å². The van der Waals surface area contributed by atoms with Crippen molar-refractivity contribution in [3.05, 3.63) is 26.8 Å². The molecule has 0 fully saturated rings. The van der Waals surface area contributed by atoms with Crippen molar-refractivity contribution in [1.29, 1.82) is 0 Å². The Morgan fingerprint density at radius 1 is 1.50 bits per heavy atom. The summed E-state index contributed by atoms with van der Waals surface area (Å²) in [7, 11) is 0. The highest BCUT2D eigenvalue weighted by Crippen LogP contribution is 2.22. The van der Waals surface area contributed by atoms with Gasteiger partial charge in [-0.1, -0.05) is 0 Å². The maximum Gasteiger partial charge on any atom is 0.283 e. The minimum Gasteiger partial charge on any atom is -0.238 e. The Morgan fingerprint density at radius 3 is 2.58 bits per heavy atom. The van der Waals surface area contributed by atoms with Crippen molar-refractivity contribution >= 4 is 22.6 Å². The molecule has 0 aliphatic heterocycles. The third-order valence-corrected chi connectivity index (χ3v) is 1.89. The van der Waals surface area contributed by atoms with Gasteiger partial charge in [-0.2, -0.15) is 0 Å². The zero-order chi connectivity index (χ0) is 9.30. The fourth-order valence-electron chi connectivity index (χ4n) is 0.785. The van der Waals surface area contributed by atoms with Gasteiger partial charge in [-0.3, -0.25) is 0 Å². The third kappa shape index (κ3) is 1.88. The Labute approximate surface area is 81.1 Å². The molecule has 0 saturated heterocycles. The molecule has 12 heavy (non-hydrogen) atoms. The van der Waals surface area contributed by atoms with E-state index in [2.05, 4.69) is 4.98 Å². The smallest absolute Gasteiger partial charge is 0.238 e. The number of rotatable bonds is 1. The van der Waals surface area contributed by atoms with Crippen molar-refractivity contribution in [2.45, 2.75) is 13.3 Å². The van der Waals surface area contributed by atoms with E-state index in [0.717, 1.165) is 0 Å². The Hall–Kier alpha value is -0.330. The molecule has 1 rings (SSSR count). The molecule has 0 aliphatic rings. The number of nitrogens with zero attached hydrogens (tertiary/aromatic N) is 1. The molecule has 1 aromatic heterocycles. The zero-order valence-corrected chi connectivity index (χ0v) is 8.27. The van der Waals surface area contributed by atoms with Gasteiger partial charge in [0.2, 0.25) is 0 Å². The SMILES string of the molecule is Cc1cc(I)nc(C(F)F)c1F. The lowest BCUT2D eigenvalue weighted by Crippen LogP contribution is -2.00. The van der Waals surface area contributed by atoms with Crippen LogP contribution in [0.15, 0.2) is 6.07 Å². The predicted molar refractivity (Wildman–Crippen MR) is 46.6 cm³/mol. The number of alkyl halides is 2. The molecule has 0 radical (unpaired) electrons. The van der Waals surface area contributed by atoms with Crippen molar-refractivity contribution in [2.75, 3.05) is 0 Å². The van der Waals surface area contributed by atoms with Gasteiger partial charge < -0.3 is 0 Å². The van der Waals surface area contributed by atoms with Gasteiger partial charge in [-0.05, 0) is 41.1 Å². The summed E-state index contributed by atoms with van der Waals surface area (Å²) in [6, 6.07) is 1.42. The Morgan fingerprint density at radius 2 is 2.08 bits per heavy atom. The second-order valence-electron chi connectivity index (χ2n) is 2.26. The molecule has 0 bridgehead atoms. The molecule has 0 unspecified atom stereocenters. The predicted octanol–water partition coefficient (Wildman–Crippen LogP) is 3.07. The van der Waals surface area contributed by atoms with Crippen molar-refractivity contribution in [2.24, 2.45) is 0 Å². The van der Waals surface area contributed by atoms with Gasteiger partial charge in [-0.15, -0.1) is 0 Å². The van der Waals surface area contributed by atoms with Crippen LogP contribution in [0, 0.1) is 16.4 Å². The maximum absolute atomic E-state index is 12.9. The lowest BCUT2D eigenvalue weighted by molar-refractivity contribution is 0.140. The van der Waals surface area contributed by atoms with E-state index < -0.39 is 17.9 Å². The standard InChI is InChI=1S/C7H5F3IN/c1-3-2-4(11)12-6(5(3)8)7(9)10/h2,7H,1H3. The average Bonchev–Trinajstić information content (AvgIpc) is 1.96. The molecular weight excluding hydrogens is 282 g/mol. The number of aromatic nitrogens is 1. The normalized spacial score (nSPS) is 10.8. The Kier molecular flexibility index (Phi) is 2.92. The highest BCUT2D eigenvalue weighted by atomic mass is 127. The minimum atomic E-state index is -2.85. The summed E-state index contributed by atoms with van der Waals surface area (Å²) in [5.74, 6) is -0.912. The monoisotopic (exact) mass is 287 g/mol. The molecule has 5 heteroatoms. The van der Waals surface area contributed by atoms with E-state index >= 15 is 0 Å². The van der Waals surface area contributed by atoms with Crippen LogP contribution in [0.5, 0.6) is 0 Å². The van der Waals surface area contributed by atoms with E-state index in [1.807, 2.05) is 0 Å². The van der Waals surface area contributed by atoms with E-state index in [1.54, 1.807) is 22.6 Å². The first-order valence-electron chi connectivity index (χ1n) is 3.13. The summed E-state index contributed by atoms with van der Waals surface area (Å²) in [4.78, 5) is 3.39. The van der Waals surface area contributed by atoms with Crippen LogP contribution in [-0.4, -0.2) is 4.98 Å². The quantitative estimate of drug-likeness (QED) is 0.571. The number of pyridine rings is 1. The van der Waals surface area contributed by atoms with Gasteiger partial charge in [0, 0.05) is 0 Å². The molecule has 0 saturated carbocycles. The zero-order valence-electron chi connectivity index (χ0n) is 6.11. The number of hydrogen-bond donors (Lipinski definition) is 0. The van der Waals surface area contributed by atoms with Gasteiger partial charge in [0.05, 0.1) is 0 Å². The second kappa shape index (κ2) is 3.59. The van der Waals surface area contributed by atoms with Crippen LogP contribution in [0.1, 0.15) is 17.7 Å². The molecule has 1 aromatic rings. The number of hydrogen-bond acceptors (Lipinski definition) is 1. The first-order chi connectivity index (χ1) is 5.52. The van der Waals surface area contributed by atoms with Crippen LogP contribution < -0.4 is 0 Å². The van der Waals surface area contributed by atoms with Crippen LogP contribution in [0.25, 0.3) is 0 Å². The van der Waals surface area contributed by atoms with Crippen molar-refractivity contribution in [1.82, 2.24) is 4.98 Å². The summed E-state index contributed by atoms with van der Waals surface area (Å²) in [5, 5.41) is 0. The van der Waals surface area contributed by atoms with E-state index in [-0.39, 0.29) is 5.56 Å². The molecular formula is C7H5F3IN. The van der Waals surface area contributed by atoms with E-state index in [9.17, 15) is 13.2 Å². The van der Waals surface area contributed by atoms with Crippen LogP contribution in [0.4, 0.5) is 13.2 Å². The average molecular weight is 287 g/mol. The Balaban J connectivity index is 3.28. The minimum absolute atomic E-state index is 0.199. The largest absolute Gasteiger partial charge is 0.283 e. The summed E-state index contributed by atoms with van der Waals surface area (Å²) in [6.07, 6.45) is -2.85. The number of halogens is 4. The topological polar surface area (TPSA) is 12.9 Å². The van der Waals surface area contributed by atoms with Gasteiger partial charge in [0.1, 0.15) is 9.39 Å². The van der Waals surface area contributed by atoms with E-state index in [0.29, 0.717) is 3.70 Å². The van der Waals surface area contributed by atoms with Gasteiger partial charge in [-0.25, -0.2) is 18.2 Å². The van der Waals surface area contributed by atoms with Crippen LogP contribution >= 0.6 is 22.6 Å². The molecule has 0 N–H and O–H groups in total. The first kappa shape index (κ1) is 9.76. The van der Waals surface area contributed by atoms with Crippen molar-refractivity contribution < 1.29 is 13.2 Å². The van der Waals surface area contributed by atoms with Crippen molar-refractivity contribution in [3.63, 3.8) is 0 Å². The summed E-state index contributed by atoms with van der Waals surface area (Å²) in [5.41, 5.74) is -0.566. The lowest BCUT2D eigenvalue weighted by atomic mass is 10.2. The van der Waals surface area contributed by atoms with Gasteiger partial charge in [0.15, 0.2) is 5.82 Å². The van der Waals surface area contributed by atoms with E-state index in [1.165, 1.54) is 13.0 Å². The summed E-state index contributed by atoms with van der Waals surface area (Å²) < 4.78 is 37.4. The van der Waals surface area contributed by atoms with Crippen LogP contribution in [0.2, 0.25) is 0 Å². The molecule has 66 valence electrons.